The molecule has 0 radical (unpaired) electrons. The van der Waals surface area contributed by atoms with Gasteiger partial charge in [-0.25, -0.2) is 22.9 Å². The average molecular weight is 531 g/mol. The minimum absolute atomic E-state index is 0.0373. The van der Waals surface area contributed by atoms with Crippen molar-refractivity contribution in [3.63, 3.8) is 0 Å². The summed E-state index contributed by atoms with van der Waals surface area (Å²) in [7, 11) is -3.92. The lowest BCUT2D eigenvalue weighted by Gasteiger charge is -2.10. The van der Waals surface area contributed by atoms with Gasteiger partial charge in [-0.2, -0.15) is 0 Å². The van der Waals surface area contributed by atoms with Gasteiger partial charge in [-0.3, -0.25) is 4.40 Å². The Bertz CT molecular complexity index is 1480. The van der Waals surface area contributed by atoms with E-state index in [1.165, 1.54) is 12.1 Å². The number of aryl methyl sites for hydroxylation is 2. The summed E-state index contributed by atoms with van der Waals surface area (Å²) >= 11 is 12.6. The molecule has 0 aliphatic carbocycles. The van der Waals surface area contributed by atoms with Gasteiger partial charge in [-0.05, 0) is 43.5 Å². The van der Waals surface area contributed by atoms with Crippen LogP contribution in [0.5, 0.6) is 0 Å². The number of nitrogens with zero attached hydrogens (tertiary/aromatic N) is 2. The number of rotatable bonds is 7. The molecule has 0 unspecified atom stereocenters. The van der Waals surface area contributed by atoms with E-state index in [4.69, 9.17) is 23.2 Å². The number of hydrogen-bond donors (Lipinski definition) is 2. The molecule has 0 fully saturated rings. The van der Waals surface area contributed by atoms with Crippen molar-refractivity contribution < 1.29 is 13.2 Å². The molecule has 4 aromatic rings. The molecule has 35 heavy (non-hydrogen) atoms. The summed E-state index contributed by atoms with van der Waals surface area (Å²) in [5, 5.41) is 3.60. The molecule has 0 atom stereocenters. The van der Waals surface area contributed by atoms with E-state index in [0.717, 1.165) is 34.5 Å². The topological polar surface area (TPSA) is 92.6 Å². The predicted molar refractivity (Wildman–Crippen MR) is 139 cm³/mol. The van der Waals surface area contributed by atoms with Crippen LogP contribution in [0.4, 0.5) is 4.79 Å². The minimum Gasteiger partial charge on any atom is -0.337 e. The number of benzene rings is 2. The van der Waals surface area contributed by atoms with Crippen molar-refractivity contribution >= 4 is 44.9 Å². The van der Waals surface area contributed by atoms with E-state index >= 15 is 0 Å². The number of carbonyl (C=O) groups is 1. The maximum atomic E-state index is 12.3. The van der Waals surface area contributed by atoms with E-state index < -0.39 is 16.1 Å². The van der Waals surface area contributed by atoms with Crippen LogP contribution in [0.2, 0.25) is 10.0 Å². The first kappa shape index (κ1) is 25.0. The summed E-state index contributed by atoms with van der Waals surface area (Å²) in [6, 6.07) is 15.1. The molecule has 10 heteroatoms. The number of carbonyl (C=O) groups excluding carboxylic acids is 1. The molecule has 2 aromatic heterocycles. The number of pyridine rings is 1. The van der Waals surface area contributed by atoms with Crippen LogP contribution < -0.4 is 10.0 Å². The van der Waals surface area contributed by atoms with Crippen LogP contribution in [0.15, 0.2) is 65.7 Å². The lowest BCUT2D eigenvalue weighted by Crippen LogP contribution is -2.40. The highest BCUT2D eigenvalue weighted by molar-refractivity contribution is 7.90. The molecule has 0 saturated heterocycles. The van der Waals surface area contributed by atoms with E-state index in [9.17, 15) is 13.2 Å². The van der Waals surface area contributed by atoms with Gasteiger partial charge < -0.3 is 5.32 Å². The molecule has 2 heterocycles. The van der Waals surface area contributed by atoms with Gasteiger partial charge in [-0.15, -0.1) is 0 Å². The van der Waals surface area contributed by atoms with E-state index in [1.54, 1.807) is 24.4 Å². The van der Waals surface area contributed by atoms with Crippen LogP contribution in [0.3, 0.4) is 0 Å². The summed E-state index contributed by atoms with van der Waals surface area (Å²) in [5.74, 6) is 0. The molecule has 0 aliphatic rings. The molecule has 2 amide bonds. The maximum absolute atomic E-state index is 12.3. The van der Waals surface area contributed by atoms with Gasteiger partial charge in [0, 0.05) is 18.3 Å². The van der Waals surface area contributed by atoms with Gasteiger partial charge in [0.05, 0.1) is 26.3 Å². The zero-order chi connectivity index (χ0) is 25.2. The summed E-state index contributed by atoms with van der Waals surface area (Å²) in [6.45, 7) is 4.16. The average Bonchev–Trinajstić information content (AvgIpc) is 3.18. The Hall–Kier alpha value is -3.07. The van der Waals surface area contributed by atoms with Crippen LogP contribution in [0.25, 0.3) is 16.9 Å². The smallest absolute Gasteiger partial charge is 0.328 e. The summed E-state index contributed by atoms with van der Waals surface area (Å²) in [6.07, 6.45) is 3.06. The van der Waals surface area contributed by atoms with Crippen molar-refractivity contribution in [2.45, 2.75) is 31.6 Å². The standard InChI is InChI=1S/C25H24Cl2N4O3S/c1-3-22-23(31-15-19(26)14-21(27)24(31)29-22)18-8-6-17(7-9-18)12-13-28-25(32)30-35(33,34)20-10-4-16(2)5-11-20/h4-11,14-15H,3,12-13H2,1-2H3,(H2,28,30,32). The highest BCUT2D eigenvalue weighted by Gasteiger charge is 2.18. The fourth-order valence-corrected chi connectivity index (χ4v) is 5.20. The number of aromatic nitrogens is 2. The second-order valence-corrected chi connectivity index (χ2v) is 10.6. The molecule has 2 N–H and O–H groups in total. The number of urea groups is 1. The summed E-state index contributed by atoms with van der Waals surface area (Å²) in [5.41, 5.74) is 5.37. The highest BCUT2D eigenvalue weighted by atomic mass is 35.5. The molecular weight excluding hydrogens is 507 g/mol. The Morgan fingerprint density at radius 2 is 1.74 bits per heavy atom. The molecule has 0 saturated carbocycles. The molecule has 0 spiro atoms. The van der Waals surface area contributed by atoms with Crippen molar-refractivity contribution in [1.29, 1.82) is 0 Å². The first-order valence-corrected chi connectivity index (χ1v) is 13.2. The first-order valence-electron chi connectivity index (χ1n) is 11.0. The molecule has 0 aliphatic heterocycles. The third-order valence-corrected chi connectivity index (χ3v) is 7.37. The Labute approximate surface area is 214 Å². The Morgan fingerprint density at radius 1 is 1.06 bits per heavy atom. The fourth-order valence-electron chi connectivity index (χ4n) is 3.76. The SMILES string of the molecule is CCc1nc2c(Cl)cc(Cl)cn2c1-c1ccc(CCNC(=O)NS(=O)(=O)c2ccc(C)cc2)cc1. The van der Waals surface area contributed by atoms with Gasteiger partial charge >= 0.3 is 6.03 Å². The van der Waals surface area contributed by atoms with Crippen molar-refractivity contribution in [3.8, 4) is 11.3 Å². The molecule has 4 rings (SSSR count). The molecule has 2 aromatic carbocycles. The zero-order valence-electron chi connectivity index (χ0n) is 19.2. The van der Waals surface area contributed by atoms with Crippen molar-refractivity contribution in [3.05, 3.63) is 87.7 Å². The lowest BCUT2D eigenvalue weighted by atomic mass is 10.0. The molecular formula is C25H24Cl2N4O3S. The van der Waals surface area contributed by atoms with Crippen molar-refractivity contribution in [2.75, 3.05) is 6.54 Å². The summed E-state index contributed by atoms with van der Waals surface area (Å²) < 4.78 is 28.6. The fraction of sp³-hybridized carbons (Fsp3) is 0.200. The maximum Gasteiger partial charge on any atom is 0.328 e. The molecule has 7 nitrogen and oxygen atoms in total. The number of amides is 2. The second kappa shape index (κ2) is 10.3. The van der Waals surface area contributed by atoms with E-state index in [0.29, 0.717) is 22.1 Å². The number of halogens is 2. The zero-order valence-corrected chi connectivity index (χ0v) is 21.5. The molecule has 0 bridgehead atoms. The minimum atomic E-state index is -3.92. The largest absolute Gasteiger partial charge is 0.337 e. The van der Waals surface area contributed by atoms with Crippen molar-refractivity contribution in [1.82, 2.24) is 19.4 Å². The number of nitrogens with one attached hydrogen (secondary N) is 2. The molecule has 182 valence electrons. The number of sulfonamides is 1. The lowest BCUT2D eigenvalue weighted by molar-refractivity contribution is 0.246. The van der Waals surface area contributed by atoms with Crippen molar-refractivity contribution in [2.24, 2.45) is 0 Å². The van der Waals surface area contributed by atoms with Crippen LogP contribution >= 0.6 is 23.2 Å². The Balaban J connectivity index is 1.41. The van der Waals surface area contributed by atoms with Gasteiger partial charge in [0.1, 0.15) is 0 Å². The number of imidazole rings is 1. The van der Waals surface area contributed by atoms with E-state index in [-0.39, 0.29) is 11.4 Å². The normalized spacial score (nSPS) is 11.5. The van der Waals surface area contributed by atoms with E-state index in [2.05, 4.69) is 10.3 Å². The first-order chi connectivity index (χ1) is 16.7. The van der Waals surface area contributed by atoms with Gasteiger partial charge in [-0.1, -0.05) is 72.1 Å². The quantitative estimate of drug-likeness (QED) is 0.334. The van der Waals surface area contributed by atoms with Crippen LogP contribution in [-0.2, 0) is 22.9 Å². The summed E-state index contributed by atoms with van der Waals surface area (Å²) in [4.78, 5) is 16.8. The number of hydrogen-bond acceptors (Lipinski definition) is 4. The Morgan fingerprint density at radius 3 is 2.40 bits per heavy atom. The third kappa shape index (κ3) is 5.61. The third-order valence-electron chi connectivity index (χ3n) is 5.53. The van der Waals surface area contributed by atoms with Gasteiger partial charge in [0.15, 0.2) is 5.65 Å². The Kier molecular flexibility index (Phi) is 7.35. The highest BCUT2D eigenvalue weighted by Crippen LogP contribution is 2.31. The number of fused-ring (bicyclic) bond motifs is 1. The van der Waals surface area contributed by atoms with Crippen LogP contribution in [-0.4, -0.2) is 30.4 Å². The monoisotopic (exact) mass is 530 g/mol. The van der Waals surface area contributed by atoms with Crippen LogP contribution in [0, 0.1) is 6.92 Å². The van der Waals surface area contributed by atoms with E-state index in [1.807, 2.05) is 47.2 Å². The van der Waals surface area contributed by atoms with Gasteiger partial charge in [0.2, 0.25) is 0 Å². The van der Waals surface area contributed by atoms with Crippen LogP contribution in [0.1, 0.15) is 23.7 Å². The second-order valence-electron chi connectivity index (χ2n) is 8.08. The predicted octanol–water partition coefficient (Wildman–Crippen LogP) is 5.41. The van der Waals surface area contributed by atoms with Gasteiger partial charge in [0.25, 0.3) is 10.0 Å².